The van der Waals surface area contributed by atoms with Crippen molar-refractivity contribution < 1.29 is 17.6 Å². The second-order valence-electron chi connectivity index (χ2n) is 5.71. The van der Waals surface area contributed by atoms with Gasteiger partial charge in [0.15, 0.2) is 0 Å². The van der Waals surface area contributed by atoms with E-state index in [0.29, 0.717) is 11.3 Å². The summed E-state index contributed by atoms with van der Waals surface area (Å²) in [6.07, 6.45) is 1.61. The number of amides is 1. The third kappa shape index (κ3) is 4.18. The molecule has 0 unspecified atom stereocenters. The third-order valence-electron chi connectivity index (χ3n) is 3.65. The summed E-state index contributed by atoms with van der Waals surface area (Å²) >= 11 is 0. The molecule has 0 saturated carbocycles. The molecule has 0 aliphatic rings. The van der Waals surface area contributed by atoms with Gasteiger partial charge in [-0.2, -0.15) is 0 Å². The summed E-state index contributed by atoms with van der Waals surface area (Å²) in [7, 11) is -0.648. The SMILES string of the molecule is CN(C)S(=O)(=O)c1ccc(C(=O)NCc2nnc(-c3ccccn3)o2)cc1. The molecule has 0 spiro atoms. The number of benzene rings is 1. The molecule has 2 aromatic heterocycles. The maximum atomic E-state index is 12.2. The molecule has 1 aromatic carbocycles. The Morgan fingerprint density at radius 3 is 2.48 bits per heavy atom. The minimum Gasteiger partial charge on any atom is -0.417 e. The monoisotopic (exact) mass is 387 g/mol. The van der Waals surface area contributed by atoms with Crippen molar-refractivity contribution in [1.82, 2.24) is 24.8 Å². The molecule has 3 aromatic rings. The van der Waals surface area contributed by atoms with E-state index in [0.717, 1.165) is 4.31 Å². The molecule has 140 valence electrons. The van der Waals surface area contributed by atoms with Gasteiger partial charge in [0.2, 0.25) is 15.9 Å². The summed E-state index contributed by atoms with van der Waals surface area (Å²) < 4.78 is 30.6. The van der Waals surface area contributed by atoms with E-state index in [1.807, 2.05) is 0 Å². The van der Waals surface area contributed by atoms with E-state index in [1.54, 1.807) is 24.4 Å². The zero-order chi connectivity index (χ0) is 19.4. The van der Waals surface area contributed by atoms with Crippen LogP contribution >= 0.6 is 0 Å². The number of rotatable bonds is 6. The summed E-state index contributed by atoms with van der Waals surface area (Å²) in [6.45, 7) is 0.0381. The highest BCUT2D eigenvalue weighted by Crippen LogP contribution is 2.15. The molecule has 0 atom stereocenters. The van der Waals surface area contributed by atoms with E-state index in [-0.39, 0.29) is 29.1 Å². The standard InChI is InChI=1S/C17H17N5O4S/c1-22(2)27(24,25)13-8-6-12(7-9-13)16(23)19-11-15-20-21-17(26-15)14-5-3-4-10-18-14/h3-10H,11H2,1-2H3,(H,19,23). The van der Waals surface area contributed by atoms with Gasteiger partial charge in [-0.15, -0.1) is 10.2 Å². The second-order valence-corrected chi connectivity index (χ2v) is 7.86. The lowest BCUT2D eigenvalue weighted by Gasteiger charge is -2.11. The van der Waals surface area contributed by atoms with Gasteiger partial charge < -0.3 is 9.73 Å². The van der Waals surface area contributed by atoms with Crippen molar-refractivity contribution in [3.63, 3.8) is 0 Å². The van der Waals surface area contributed by atoms with E-state index in [2.05, 4.69) is 20.5 Å². The van der Waals surface area contributed by atoms with Gasteiger partial charge in [-0.05, 0) is 36.4 Å². The second kappa shape index (κ2) is 7.64. The first-order valence-electron chi connectivity index (χ1n) is 7.92. The van der Waals surface area contributed by atoms with Crippen LogP contribution < -0.4 is 5.32 Å². The number of hydrogen-bond acceptors (Lipinski definition) is 7. The first kappa shape index (κ1) is 18.7. The van der Waals surface area contributed by atoms with Crippen LogP contribution in [-0.2, 0) is 16.6 Å². The molecule has 0 bridgehead atoms. The normalized spacial score (nSPS) is 11.5. The molecule has 0 radical (unpaired) electrons. The Morgan fingerprint density at radius 1 is 1.11 bits per heavy atom. The van der Waals surface area contributed by atoms with Crippen LogP contribution in [-0.4, -0.2) is 47.9 Å². The average Bonchev–Trinajstić information content (AvgIpc) is 3.16. The molecule has 27 heavy (non-hydrogen) atoms. The van der Waals surface area contributed by atoms with E-state index < -0.39 is 10.0 Å². The highest BCUT2D eigenvalue weighted by molar-refractivity contribution is 7.89. The molecule has 0 fully saturated rings. The molecule has 3 rings (SSSR count). The van der Waals surface area contributed by atoms with Crippen molar-refractivity contribution in [2.45, 2.75) is 11.4 Å². The van der Waals surface area contributed by atoms with E-state index in [4.69, 9.17) is 4.42 Å². The Kier molecular flexibility index (Phi) is 5.28. The molecule has 10 heteroatoms. The van der Waals surface area contributed by atoms with E-state index >= 15 is 0 Å². The van der Waals surface area contributed by atoms with Gasteiger partial charge in [0.25, 0.3) is 11.8 Å². The van der Waals surface area contributed by atoms with Crippen molar-refractivity contribution in [3.05, 3.63) is 60.1 Å². The number of nitrogens with one attached hydrogen (secondary N) is 1. The summed E-state index contributed by atoms with van der Waals surface area (Å²) in [5.41, 5.74) is 0.859. The quantitative estimate of drug-likeness (QED) is 0.677. The van der Waals surface area contributed by atoms with Gasteiger partial charge in [-0.3, -0.25) is 9.78 Å². The topological polar surface area (TPSA) is 118 Å². The van der Waals surface area contributed by atoms with Crippen LogP contribution in [0.25, 0.3) is 11.6 Å². The summed E-state index contributed by atoms with van der Waals surface area (Å²) in [5.74, 6) is 0.107. The maximum absolute atomic E-state index is 12.2. The minimum atomic E-state index is -3.54. The van der Waals surface area contributed by atoms with Crippen LogP contribution in [0.5, 0.6) is 0 Å². The maximum Gasteiger partial charge on any atom is 0.266 e. The number of aromatic nitrogens is 3. The number of nitrogens with zero attached hydrogens (tertiary/aromatic N) is 4. The first-order chi connectivity index (χ1) is 12.9. The van der Waals surface area contributed by atoms with Crippen LogP contribution in [0.3, 0.4) is 0 Å². The van der Waals surface area contributed by atoms with Gasteiger partial charge >= 0.3 is 0 Å². The van der Waals surface area contributed by atoms with Gasteiger partial charge in [0.05, 0.1) is 11.4 Å². The summed E-state index contributed by atoms with van der Waals surface area (Å²) in [6, 6.07) is 11.0. The number of carbonyl (C=O) groups is 1. The number of pyridine rings is 1. The van der Waals surface area contributed by atoms with Crippen molar-refractivity contribution in [3.8, 4) is 11.6 Å². The Labute approximate surface area is 156 Å². The lowest BCUT2D eigenvalue weighted by Crippen LogP contribution is -2.24. The Balaban J connectivity index is 1.64. The Bertz CT molecular complexity index is 1030. The fourth-order valence-corrected chi connectivity index (χ4v) is 3.07. The molecule has 9 nitrogen and oxygen atoms in total. The van der Waals surface area contributed by atoms with Crippen LogP contribution in [0.15, 0.2) is 58.0 Å². The van der Waals surface area contributed by atoms with Crippen LogP contribution in [0, 0.1) is 0 Å². The van der Waals surface area contributed by atoms with Crippen LogP contribution in [0.2, 0.25) is 0 Å². The van der Waals surface area contributed by atoms with Crippen molar-refractivity contribution in [2.24, 2.45) is 0 Å². The molecule has 1 N–H and O–H groups in total. The van der Waals surface area contributed by atoms with Gasteiger partial charge in [-0.1, -0.05) is 6.07 Å². The fourth-order valence-electron chi connectivity index (χ4n) is 2.16. The van der Waals surface area contributed by atoms with Crippen molar-refractivity contribution >= 4 is 15.9 Å². The zero-order valence-electron chi connectivity index (χ0n) is 14.7. The molecule has 0 aliphatic carbocycles. The van der Waals surface area contributed by atoms with E-state index in [9.17, 15) is 13.2 Å². The highest BCUT2D eigenvalue weighted by atomic mass is 32.2. The van der Waals surface area contributed by atoms with Crippen LogP contribution in [0.1, 0.15) is 16.2 Å². The Hall–Kier alpha value is -3.11. The van der Waals surface area contributed by atoms with Gasteiger partial charge in [-0.25, -0.2) is 12.7 Å². The van der Waals surface area contributed by atoms with Crippen molar-refractivity contribution in [2.75, 3.05) is 14.1 Å². The third-order valence-corrected chi connectivity index (χ3v) is 5.48. The average molecular weight is 387 g/mol. The van der Waals surface area contributed by atoms with E-state index in [1.165, 1.54) is 38.4 Å². The van der Waals surface area contributed by atoms with Crippen molar-refractivity contribution in [1.29, 1.82) is 0 Å². The number of carbonyl (C=O) groups excluding carboxylic acids is 1. The molecular weight excluding hydrogens is 370 g/mol. The predicted molar refractivity (Wildman–Crippen MR) is 96.0 cm³/mol. The zero-order valence-corrected chi connectivity index (χ0v) is 15.5. The van der Waals surface area contributed by atoms with Gasteiger partial charge in [0.1, 0.15) is 5.69 Å². The lowest BCUT2D eigenvalue weighted by molar-refractivity contribution is 0.0947. The first-order valence-corrected chi connectivity index (χ1v) is 9.36. The largest absolute Gasteiger partial charge is 0.417 e. The lowest BCUT2D eigenvalue weighted by atomic mass is 10.2. The highest BCUT2D eigenvalue weighted by Gasteiger charge is 2.18. The fraction of sp³-hybridized carbons (Fsp3) is 0.176. The minimum absolute atomic E-state index is 0.0381. The molecular formula is C17H17N5O4S. The number of sulfonamides is 1. The molecule has 0 aliphatic heterocycles. The predicted octanol–water partition coefficient (Wildman–Crippen LogP) is 1.31. The molecule has 1 amide bonds. The van der Waals surface area contributed by atoms with Gasteiger partial charge in [0, 0.05) is 25.9 Å². The summed E-state index contributed by atoms with van der Waals surface area (Å²) in [4.78, 5) is 16.4. The smallest absolute Gasteiger partial charge is 0.266 e. The number of hydrogen-bond donors (Lipinski definition) is 1. The summed E-state index contributed by atoms with van der Waals surface area (Å²) in [5, 5.41) is 10.4. The Morgan fingerprint density at radius 2 is 1.85 bits per heavy atom. The van der Waals surface area contributed by atoms with Crippen LogP contribution in [0.4, 0.5) is 0 Å². The molecule has 0 saturated heterocycles. The molecule has 2 heterocycles.